The number of carbonyl (C=O) groups excluding carboxylic acids is 3. The van der Waals surface area contributed by atoms with Crippen LogP contribution in [0.25, 0.3) is 0 Å². The van der Waals surface area contributed by atoms with Crippen LogP contribution in [0, 0.1) is 0 Å². The molecule has 0 saturated carbocycles. The molecule has 9 nitrogen and oxygen atoms in total. The third-order valence-corrected chi connectivity index (χ3v) is 6.06. The lowest BCUT2D eigenvalue weighted by atomic mass is 10.2. The fourth-order valence-corrected chi connectivity index (χ4v) is 4.05. The highest BCUT2D eigenvalue weighted by molar-refractivity contribution is 7.99. The van der Waals surface area contributed by atoms with Crippen molar-refractivity contribution in [2.45, 2.75) is 24.7 Å². The number of allylic oxidation sites excluding steroid dienone is 1. The van der Waals surface area contributed by atoms with Gasteiger partial charge < -0.3 is 19.9 Å². The third kappa shape index (κ3) is 6.71. The molecule has 1 atom stereocenters. The number of aromatic nitrogens is 3. The first-order valence-corrected chi connectivity index (χ1v) is 11.9. The van der Waals surface area contributed by atoms with Crippen molar-refractivity contribution in [2.75, 3.05) is 18.2 Å². The Hall–Kier alpha value is -3.63. The fraction of sp³-hybridized carbons (Fsp3) is 0.208. The topological polar surface area (TPSA) is 115 Å². The number of nitrogens with zero attached hydrogens (tertiary/aromatic N) is 3. The fourth-order valence-electron chi connectivity index (χ4n) is 3.17. The van der Waals surface area contributed by atoms with Gasteiger partial charge in [-0.1, -0.05) is 41.6 Å². The van der Waals surface area contributed by atoms with Gasteiger partial charge in [-0.3, -0.25) is 9.59 Å². The molecule has 0 spiro atoms. The lowest BCUT2D eigenvalue weighted by molar-refractivity contribution is -0.113. The number of para-hydroxylation sites is 1. The van der Waals surface area contributed by atoms with Crippen LogP contribution in [0.15, 0.2) is 66.3 Å². The van der Waals surface area contributed by atoms with Crippen LogP contribution in [-0.4, -0.2) is 45.4 Å². The van der Waals surface area contributed by atoms with E-state index in [-0.39, 0.29) is 23.1 Å². The molecule has 2 amide bonds. The number of ether oxygens (including phenoxy) is 1. The molecule has 0 fully saturated rings. The van der Waals surface area contributed by atoms with Crippen LogP contribution in [0.1, 0.15) is 39.5 Å². The maximum Gasteiger partial charge on any atom is 0.339 e. The summed E-state index contributed by atoms with van der Waals surface area (Å²) in [5, 5.41) is 15.1. The Balaban J connectivity index is 1.68. The number of hydrogen-bond donors (Lipinski definition) is 2. The minimum absolute atomic E-state index is 0.0241. The number of esters is 1. The first kappa shape index (κ1) is 26.0. The zero-order chi connectivity index (χ0) is 25.4. The molecule has 1 aromatic heterocycles. The van der Waals surface area contributed by atoms with Gasteiger partial charge in [0, 0.05) is 17.1 Å². The number of halogens is 1. The quantitative estimate of drug-likeness (QED) is 0.238. The summed E-state index contributed by atoms with van der Waals surface area (Å²) in [7, 11) is 1.28. The summed E-state index contributed by atoms with van der Waals surface area (Å²) in [5.74, 6) is -0.605. The van der Waals surface area contributed by atoms with Crippen molar-refractivity contribution in [2.24, 2.45) is 0 Å². The van der Waals surface area contributed by atoms with E-state index in [9.17, 15) is 14.4 Å². The van der Waals surface area contributed by atoms with Crippen LogP contribution in [0.4, 0.5) is 5.69 Å². The van der Waals surface area contributed by atoms with Gasteiger partial charge in [0.2, 0.25) is 5.91 Å². The summed E-state index contributed by atoms with van der Waals surface area (Å²) < 4.78 is 6.53. The van der Waals surface area contributed by atoms with Gasteiger partial charge >= 0.3 is 5.97 Å². The molecule has 35 heavy (non-hydrogen) atoms. The molecule has 0 radical (unpaired) electrons. The number of rotatable bonds is 10. The third-order valence-electron chi connectivity index (χ3n) is 4.84. The Morgan fingerprint density at radius 3 is 2.57 bits per heavy atom. The Bertz CT molecular complexity index is 1230. The highest BCUT2D eigenvalue weighted by atomic mass is 35.5. The monoisotopic (exact) mass is 513 g/mol. The Kier molecular flexibility index (Phi) is 9.04. The van der Waals surface area contributed by atoms with Crippen LogP contribution in [-0.2, 0) is 16.1 Å². The van der Waals surface area contributed by atoms with Crippen LogP contribution >= 0.6 is 23.4 Å². The van der Waals surface area contributed by atoms with E-state index in [4.69, 9.17) is 16.3 Å². The molecule has 0 unspecified atom stereocenters. The number of benzene rings is 2. The van der Waals surface area contributed by atoms with Gasteiger partial charge in [0.1, 0.15) is 0 Å². The van der Waals surface area contributed by atoms with E-state index in [1.54, 1.807) is 66.1 Å². The predicted octanol–water partition coefficient (Wildman–Crippen LogP) is 4.13. The average Bonchev–Trinajstić information content (AvgIpc) is 3.26. The standard InChI is InChI=1S/C24H24ClN5O4S/c1-4-13-30-21(15(2)26-22(32)16-9-11-17(25)12-10-16)28-29-24(30)35-14-20(31)27-19-8-6-5-7-18(19)23(33)34-3/h4-12,15H,1,13-14H2,2-3H3,(H,26,32)(H,27,31)/t15-/m0/s1. The first-order valence-electron chi connectivity index (χ1n) is 10.5. The van der Waals surface area contributed by atoms with E-state index in [1.807, 2.05) is 0 Å². The van der Waals surface area contributed by atoms with Crippen molar-refractivity contribution >= 4 is 46.8 Å². The molecule has 0 aliphatic carbocycles. The van der Waals surface area contributed by atoms with Gasteiger partial charge in [-0.15, -0.1) is 16.8 Å². The molecule has 3 rings (SSSR count). The molecule has 2 aromatic carbocycles. The molecule has 2 N–H and O–H groups in total. The smallest absolute Gasteiger partial charge is 0.339 e. The van der Waals surface area contributed by atoms with Crippen molar-refractivity contribution < 1.29 is 19.1 Å². The van der Waals surface area contributed by atoms with Crippen LogP contribution < -0.4 is 10.6 Å². The number of methoxy groups -OCH3 is 1. The molecule has 11 heteroatoms. The van der Waals surface area contributed by atoms with E-state index in [2.05, 4.69) is 27.4 Å². The molecule has 0 bridgehead atoms. The number of anilines is 1. The van der Waals surface area contributed by atoms with Crippen LogP contribution in [0.2, 0.25) is 5.02 Å². The summed E-state index contributed by atoms with van der Waals surface area (Å²) >= 11 is 7.06. The van der Waals surface area contributed by atoms with E-state index in [0.717, 1.165) is 0 Å². The summed E-state index contributed by atoms with van der Waals surface area (Å²) in [6.07, 6.45) is 1.68. The molecule has 182 valence electrons. The molecule has 3 aromatic rings. The second-order valence-electron chi connectivity index (χ2n) is 7.32. The molecule has 1 heterocycles. The Morgan fingerprint density at radius 1 is 1.17 bits per heavy atom. The van der Waals surface area contributed by atoms with Gasteiger partial charge in [-0.2, -0.15) is 0 Å². The van der Waals surface area contributed by atoms with Gasteiger partial charge in [-0.25, -0.2) is 4.79 Å². The number of amides is 2. The molecular weight excluding hydrogens is 490 g/mol. The van der Waals surface area contributed by atoms with Crippen molar-refractivity contribution in [3.8, 4) is 0 Å². The van der Waals surface area contributed by atoms with E-state index in [1.165, 1.54) is 18.9 Å². The summed E-state index contributed by atoms with van der Waals surface area (Å²) in [6, 6.07) is 12.7. The SMILES string of the molecule is C=CCn1c(SCC(=O)Nc2ccccc2C(=O)OC)nnc1[C@H](C)NC(=O)c1ccc(Cl)cc1. The normalized spacial score (nSPS) is 11.4. The predicted molar refractivity (Wildman–Crippen MR) is 135 cm³/mol. The molecule has 0 aliphatic heterocycles. The van der Waals surface area contributed by atoms with Gasteiger partial charge in [0.25, 0.3) is 5.91 Å². The zero-order valence-electron chi connectivity index (χ0n) is 19.2. The van der Waals surface area contributed by atoms with E-state index in [0.29, 0.717) is 33.8 Å². The van der Waals surface area contributed by atoms with Gasteiger partial charge in [0.05, 0.1) is 30.2 Å². The molecular formula is C24H24ClN5O4S. The van der Waals surface area contributed by atoms with E-state index < -0.39 is 12.0 Å². The van der Waals surface area contributed by atoms with Gasteiger partial charge in [-0.05, 0) is 43.3 Å². The largest absolute Gasteiger partial charge is 0.465 e. The summed E-state index contributed by atoms with van der Waals surface area (Å²) in [6.45, 7) is 5.95. The van der Waals surface area contributed by atoms with Crippen molar-refractivity contribution in [3.05, 3.63) is 83.2 Å². The Morgan fingerprint density at radius 2 is 1.89 bits per heavy atom. The number of carbonyl (C=O) groups is 3. The highest BCUT2D eigenvalue weighted by Crippen LogP contribution is 2.22. The van der Waals surface area contributed by atoms with E-state index >= 15 is 0 Å². The average molecular weight is 514 g/mol. The van der Waals surface area contributed by atoms with Crippen molar-refractivity contribution in [1.29, 1.82) is 0 Å². The number of thioether (sulfide) groups is 1. The van der Waals surface area contributed by atoms with Gasteiger partial charge in [0.15, 0.2) is 11.0 Å². The molecule has 0 aliphatic rings. The maximum absolute atomic E-state index is 12.6. The number of hydrogen-bond acceptors (Lipinski definition) is 7. The second-order valence-corrected chi connectivity index (χ2v) is 8.70. The zero-order valence-corrected chi connectivity index (χ0v) is 20.7. The van der Waals surface area contributed by atoms with Crippen LogP contribution in [0.5, 0.6) is 0 Å². The van der Waals surface area contributed by atoms with Crippen molar-refractivity contribution in [1.82, 2.24) is 20.1 Å². The highest BCUT2D eigenvalue weighted by Gasteiger charge is 2.21. The lowest BCUT2D eigenvalue weighted by Gasteiger charge is -2.15. The number of nitrogens with one attached hydrogen (secondary N) is 2. The van der Waals surface area contributed by atoms with Crippen molar-refractivity contribution in [3.63, 3.8) is 0 Å². The molecule has 0 saturated heterocycles. The first-order chi connectivity index (χ1) is 16.8. The Labute approximate surface area is 211 Å². The summed E-state index contributed by atoms with van der Waals surface area (Å²) in [5.41, 5.74) is 1.09. The van der Waals surface area contributed by atoms with Crippen LogP contribution in [0.3, 0.4) is 0 Å². The second kappa shape index (κ2) is 12.2. The minimum Gasteiger partial charge on any atom is -0.465 e. The minimum atomic E-state index is -0.543. The summed E-state index contributed by atoms with van der Waals surface area (Å²) in [4.78, 5) is 37.1. The maximum atomic E-state index is 12.6. The lowest BCUT2D eigenvalue weighted by Crippen LogP contribution is -2.28.